The van der Waals surface area contributed by atoms with E-state index in [1.165, 1.54) is 166 Å². The van der Waals surface area contributed by atoms with Crippen molar-refractivity contribution in [3.8, 4) is 0 Å². The second kappa shape index (κ2) is 16.5. The Morgan fingerprint density at radius 3 is 2.42 bits per heavy atom. The Morgan fingerprint density at radius 1 is 0.564 bits per heavy atom. The highest BCUT2D eigenvalue weighted by Gasteiger charge is 2.45. The summed E-state index contributed by atoms with van der Waals surface area (Å²) in [5.41, 5.74) is 13.4. The van der Waals surface area contributed by atoms with E-state index >= 15 is 0 Å². The van der Waals surface area contributed by atoms with Crippen molar-refractivity contribution in [1.29, 1.82) is 0 Å². The van der Waals surface area contributed by atoms with Gasteiger partial charge in [0, 0.05) is 34.9 Å². The molecule has 0 spiro atoms. The summed E-state index contributed by atoms with van der Waals surface area (Å²) in [5, 5.41) is 0. The molecule has 2 bridgehead atoms. The highest BCUT2D eigenvalue weighted by atomic mass is 15.2. The van der Waals surface area contributed by atoms with Gasteiger partial charge in [0.05, 0.1) is 0 Å². The Hall–Kier alpha value is -3.00. The van der Waals surface area contributed by atoms with E-state index in [0.717, 1.165) is 23.8 Å². The Bertz CT molecular complexity index is 1760. The van der Waals surface area contributed by atoms with Gasteiger partial charge in [0.2, 0.25) is 0 Å². The Morgan fingerprint density at radius 2 is 1.45 bits per heavy atom. The molecule has 6 unspecified atom stereocenters. The van der Waals surface area contributed by atoms with Crippen LogP contribution in [0.1, 0.15) is 161 Å². The number of hydrogen-bond donors (Lipinski definition) is 0. The third kappa shape index (κ3) is 7.25. The lowest BCUT2D eigenvalue weighted by Crippen LogP contribution is -2.50. The first-order valence-electron chi connectivity index (χ1n) is 23.8. The number of nitrogens with zero attached hydrogens (tertiary/aromatic N) is 2. The average molecular weight is 735 g/mol. The van der Waals surface area contributed by atoms with Crippen molar-refractivity contribution in [2.24, 2.45) is 35.5 Å². The first kappa shape index (κ1) is 36.3. The predicted molar refractivity (Wildman–Crippen MR) is 231 cm³/mol. The van der Waals surface area contributed by atoms with Crippen molar-refractivity contribution in [3.05, 3.63) is 118 Å². The number of allylic oxidation sites excluding steroid dienone is 18. The molecule has 0 heterocycles. The summed E-state index contributed by atoms with van der Waals surface area (Å²) in [6.07, 6.45) is 63.9. The summed E-state index contributed by atoms with van der Waals surface area (Å²) in [6, 6.07) is 1.48. The van der Waals surface area contributed by atoms with E-state index in [1.54, 1.807) is 28.2 Å². The van der Waals surface area contributed by atoms with Crippen LogP contribution in [0.5, 0.6) is 0 Å². The molecule has 2 saturated carbocycles. The standard InChI is InChI=1S/C53H70N2/c1-2-6-22-43(21-5-1)54(50-29-15-19-39-17-11-13-25-46(39)50)45-34-33-41-35-38(36-45)31-32-42-37-52(48-27-9-4-10-28-49(48)53(41)42)55(44-23-7-3-8-24-44)51-30-16-20-40-18-12-14-26-47(40)51/h1,4-5,7,10,14,20,23-24,26,35-36,38-39,42-43,46,49-50,53H,2-3,6,8-9,11-13,15-19,21-22,25,27-34,37H2/t38?,39-,42?,43?,46?,49+,50?,53?/m1/s1. The van der Waals surface area contributed by atoms with Crippen molar-refractivity contribution in [1.82, 2.24) is 9.80 Å². The summed E-state index contributed by atoms with van der Waals surface area (Å²) >= 11 is 0. The number of hydrogen-bond acceptors (Lipinski definition) is 2. The van der Waals surface area contributed by atoms with Crippen LogP contribution in [0.2, 0.25) is 0 Å². The molecule has 0 N–H and O–H groups in total. The van der Waals surface area contributed by atoms with Crippen LogP contribution in [0.25, 0.3) is 0 Å². The van der Waals surface area contributed by atoms with Crippen LogP contribution in [0.4, 0.5) is 0 Å². The van der Waals surface area contributed by atoms with E-state index in [0.29, 0.717) is 23.8 Å². The zero-order chi connectivity index (χ0) is 36.6. The van der Waals surface area contributed by atoms with Crippen molar-refractivity contribution >= 4 is 0 Å². The number of rotatable bonds is 6. The average Bonchev–Trinajstić information content (AvgIpc) is 3.79. The first-order chi connectivity index (χ1) is 27.3. The lowest BCUT2D eigenvalue weighted by atomic mass is 9.64. The smallest absolute Gasteiger partial charge is 0.0412 e. The fraction of sp³-hybridized carbons (Fsp3) is 0.623. The molecule has 0 aromatic rings. The van der Waals surface area contributed by atoms with E-state index < -0.39 is 0 Å². The molecule has 0 aliphatic heterocycles. The van der Waals surface area contributed by atoms with E-state index in [2.05, 4.69) is 82.7 Å². The van der Waals surface area contributed by atoms with Crippen LogP contribution in [-0.4, -0.2) is 21.9 Å². The van der Waals surface area contributed by atoms with Gasteiger partial charge in [-0.25, -0.2) is 0 Å². The van der Waals surface area contributed by atoms with Gasteiger partial charge in [0.15, 0.2) is 0 Å². The van der Waals surface area contributed by atoms with Crippen molar-refractivity contribution in [3.63, 3.8) is 0 Å². The van der Waals surface area contributed by atoms with Crippen LogP contribution < -0.4 is 0 Å². The zero-order valence-corrected chi connectivity index (χ0v) is 34.1. The van der Waals surface area contributed by atoms with Crippen LogP contribution in [0.15, 0.2) is 118 Å². The maximum absolute atomic E-state index is 3.17. The monoisotopic (exact) mass is 735 g/mol. The molecule has 0 saturated heterocycles. The normalized spacial score (nSPS) is 36.0. The molecule has 2 heteroatoms. The molecular weight excluding hydrogens is 665 g/mol. The topological polar surface area (TPSA) is 6.48 Å². The molecule has 0 amide bonds. The van der Waals surface area contributed by atoms with Gasteiger partial charge in [-0.1, -0.05) is 105 Å². The third-order valence-corrected chi connectivity index (χ3v) is 16.3. The SMILES string of the molecule is C1=CC(N(C2=C3C=CCCC3=CCC2)C2=C3CCC=CC[C@@H]3C3C4=CC(C=C(N(C5CC=CCCC5)C5CCC[C@H]6CCCCC56)CC4)CCC3C2)=CCC1. The third-order valence-electron chi connectivity index (χ3n) is 16.3. The lowest BCUT2D eigenvalue weighted by molar-refractivity contribution is 0.0327. The van der Waals surface area contributed by atoms with Crippen LogP contribution in [0.3, 0.4) is 0 Å². The fourth-order valence-corrected chi connectivity index (χ4v) is 14.0. The summed E-state index contributed by atoms with van der Waals surface area (Å²) in [6.45, 7) is 0. The molecule has 0 radical (unpaired) electrons. The van der Waals surface area contributed by atoms with Gasteiger partial charge < -0.3 is 9.80 Å². The van der Waals surface area contributed by atoms with Gasteiger partial charge in [-0.3, -0.25) is 0 Å². The van der Waals surface area contributed by atoms with E-state index in [9.17, 15) is 0 Å². The van der Waals surface area contributed by atoms with Gasteiger partial charge in [0.1, 0.15) is 0 Å². The van der Waals surface area contributed by atoms with Crippen molar-refractivity contribution in [2.45, 2.75) is 173 Å². The molecular formula is C53H70N2. The predicted octanol–water partition coefficient (Wildman–Crippen LogP) is 14.3. The highest BCUT2D eigenvalue weighted by Crippen LogP contribution is 2.55. The molecule has 2 nitrogen and oxygen atoms in total. The fourth-order valence-electron chi connectivity index (χ4n) is 14.0. The maximum atomic E-state index is 3.17. The molecule has 55 heavy (non-hydrogen) atoms. The molecule has 2 fully saturated rings. The van der Waals surface area contributed by atoms with Gasteiger partial charge in [-0.2, -0.15) is 0 Å². The maximum Gasteiger partial charge on any atom is 0.0412 e. The summed E-state index contributed by atoms with van der Waals surface area (Å²) < 4.78 is 0. The summed E-state index contributed by atoms with van der Waals surface area (Å²) in [7, 11) is 0. The molecule has 0 aromatic carbocycles. The minimum absolute atomic E-state index is 0.601. The summed E-state index contributed by atoms with van der Waals surface area (Å²) in [5.74, 6) is 4.61. The molecule has 292 valence electrons. The van der Waals surface area contributed by atoms with Gasteiger partial charge in [-0.15, -0.1) is 0 Å². The zero-order valence-electron chi connectivity index (χ0n) is 34.1. The van der Waals surface area contributed by atoms with Gasteiger partial charge in [-0.05, 0) is 187 Å². The second-order valence-corrected chi connectivity index (χ2v) is 19.4. The lowest BCUT2D eigenvalue weighted by Gasteiger charge is -2.51. The molecule has 10 aliphatic carbocycles. The minimum Gasteiger partial charge on any atom is -0.368 e. The number of fused-ring (bicyclic) bond motifs is 7. The van der Waals surface area contributed by atoms with Crippen LogP contribution in [0, 0.1) is 35.5 Å². The van der Waals surface area contributed by atoms with Gasteiger partial charge >= 0.3 is 0 Å². The Balaban J connectivity index is 0.995. The van der Waals surface area contributed by atoms with Crippen LogP contribution >= 0.6 is 0 Å². The molecule has 10 rings (SSSR count). The Labute approximate surface area is 334 Å². The van der Waals surface area contributed by atoms with Crippen molar-refractivity contribution in [2.75, 3.05) is 0 Å². The van der Waals surface area contributed by atoms with E-state index in [4.69, 9.17) is 0 Å². The second-order valence-electron chi connectivity index (χ2n) is 19.4. The molecule has 10 aliphatic rings. The molecule has 0 aromatic heterocycles. The Kier molecular flexibility index (Phi) is 10.9. The van der Waals surface area contributed by atoms with E-state index in [-0.39, 0.29) is 0 Å². The van der Waals surface area contributed by atoms with Gasteiger partial charge in [0.25, 0.3) is 0 Å². The largest absolute Gasteiger partial charge is 0.368 e. The first-order valence-corrected chi connectivity index (χ1v) is 23.8. The van der Waals surface area contributed by atoms with Crippen molar-refractivity contribution < 1.29 is 0 Å². The molecule has 8 atom stereocenters. The summed E-state index contributed by atoms with van der Waals surface area (Å²) in [4.78, 5) is 6.05. The highest BCUT2D eigenvalue weighted by molar-refractivity contribution is 5.51. The minimum atomic E-state index is 0.601. The van der Waals surface area contributed by atoms with Crippen LogP contribution in [-0.2, 0) is 0 Å². The quantitative estimate of drug-likeness (QED) is 0.251. The van der Waals surface area contributed by atoms with E-state index in [1.807, 2.05) is 11.1 Å².